The van der Waals surface area contributed by atoms with Crippen molar-refractivity contribution in [3.05, 3.63) is 24.3 Å². The molecule has 0 aliphatic heterocycles. The van der Waals surface area contributed by atoms with E-state index in [1.54, 1.807) is 11.3 Å². The summed E-state index contributed by atoms with van der Waals surface area (Å²) in [6, 6.07) is 7.58. The Morgan fingerprint density at radius 2 is 2.05 bits per heavy atom. The van der Waals surface area contributed by atoms with Crippen molar-refractivity contribution in [3.8, 4) is 0 Å². The Labute approximate surface area is 133 Å². The number of anilines is 1. The zero-order valence-corrected chi connectivity index (χ0v) is 13.4. The molecule has 116 valence electrons. The van der Waals surface area contributed by atoms with E-state index in [1.807, 2.05) is 31.2 Å². The van der Waals surface area contributed by atoms with Crippen molar-refractivity contribution in [1.29, 1.82) is 0 Å². The number of para-hydroxylation sites is 1. The molecule has 22 heavy (non-hydrogen) atoms. The van der Waals surface area contributed by atoms with Crippen LogP contribution in [0.25, 0.3) is 10.2 Å². The number of nitrogens with zero attached hydrogens (tertiary/aromatic N) is 2. The lowest BCUT2D eigenvalue weighted by molar-refractivity contribution is -0.121. The highest BCUT2D eigenvalue weighted by molar-refractivity contribution is 7.22. The third-order valence-electron chi connectivity index (χ3n) is 3.78. The van der Waals surface area contributed by atoms with Crippen LogP contribution in [0.1, 0.15) is 39.0 Å². The molecule has 1 aromatic heterocycles. The first-order valence-corrected chi connectivity index (χ1v) is 8.51. The molecular formula is C16H20N4OS. The van der Waals surface area contributed by atoms with E-state index in [0.29, 0.717) is 0 Å². The van der Waals surface area contributed by atoms with Crippen molar-refractivity contribution in [1.82, 2.24) is 10.4 Å². The largest absolute Gasteiger partial charge is 0.350 e. The molecule has 0 saturated heterocycles. The Bertz CT molecular complexity index is 653. The van der Waals surface area contributed by atoms with Gasteiger partial charge in [0.1, 0.15) is 6.04 Å². The molecule has 6 heteroatoms. The highest BCUT2D eigenvalue weighted by atomic mass is 32.1. The first-order chi connectivity index (χ1) is 10.7. The predicted molar refractivity (Wildman–Crippen MR) is 91.4 cm³/mol. The molecule has 3 rings (SSSR count). The van der Waals surface area contributed by atoms with Gasteiger partial charge in [-0.2, -0.15) is 5.10 Å². The van der Waals surface area contributed by atoms with Gasteiger partial charge >= 0.3 is 0 Å². The summed E-state index contributed by atoms with van der Waals surface area (Å²) < 4.78 is 1.11. The van der Waals surface area contributed by atoms with E-state index in [2.05, 4.69) is 20.8 Å². The molecule has 5 nitrogen and oxygen atoms in total. The summed E-state index contributed by atoms with van der Waals surface area (Å²) in [5.74, 6) is -0.127. The lowest BCUT2D eigenvalue weighted by Crippen LogP contribution is -2.35. The lowest BCUT2D eigenvalue weighted by atomic mass is 9.99. The third kappa shape index (κ3) is 3.62. The van der Waals surface area contributed by atoms with Gasteiger partial charge in [-0.15, -0.1) is 0 Å². The molecule has 2 aromatic rings. The van der Waals surface area contributed by atoms with Gasteiger partial charge in [0.05, 0.1) is 10.2 Å². The molecule has 1 atom stereocenters. The number of thiazole rings is 1. The van der Waals surface area contributed by atoms with Crippen LogP contribution in [0.3, 0.4) is 0 Å². The van der Waals surface area contributed by atoms with Crippen LogP contribution in [-0.2, 0) is 4.79 Å². The standard InChI is InChI=1S/C16H20N4OS/c1-11(15(21)20-19-12-7-3-2-4-8-12)17-16-18-13-9-5-6-10-14(13)22-16/h5-6,9-11H,2-4,7-8H2,1H3,(H,17,18)(H,20,21)/t11-/m0/s1. The fourth-order valence-electron chi connectivity index (χ4n) is 2.49. The van der Waals surface area contributed by atoms with Crippen LogP contribution in [0.15, 0.2) is 29.4 Å². The molecule has 1 fully saturated rings. The topological polar surface area (TPSA) is 66.4 Å². The molecular weight excluding hydrogens is 296 g/mol. The van der Waals surface area contributed by atoms with E-state index < -0.39 is 0 Å². The molecule has 1 aliphatic rings. The summed E-state index contributed by atoms with van der Waals surface area (Å²) in [6.45, 7) is 1.82. The third-order valence-corrected chi connectivity index (χ3v) is 4.75. The monoisotopic (exact) mass is 316 g/mol. The van der Waals surface area contributed by atoms with Crippen LogP contribution in [0.5, 0.6) is 0 Å². The van der Waals surface area contributed by atoms with Crippen molar-refractivity contribution in [2.45, 2.75) is 45.1 Å². The van der Waals surface area contributed by atoms with Crippen LogP contribution in [0, 0.1) is 0 Å². The van der Waals surface area contributed by atoms with E-state index in [-0.39, 0.29) is 11.9 Å². The average molecular weight is 316 g/mol. The van der Waals surface area contributed by atoms with Gasteiger partial charge in [0.15, 0.2) is 5.13 Å². The minimum Gasteiger partial charge on any atom is -0.350 e. The quantitative estimate of drug-likeness (QED) is 0.848. The zero-order valence-electron chi connectivity index (χ0n) is 12.6. The van der Waals surface area contributed by atoms with Crippen LogP contribution < -0.4 is 10.7 Å². The van der Waals surface area contributed by atoms with Crippen molar-refractivity contribution >= 4 is 38.3 Å². The number of benzene rings is 1. The fourth-order valence-corrected chi connectivity index (χ4v) is 3.44. The number of hydrogen-bond donors (Lipinski definition) is 2. The fraction of sp³-hybridized carbons (Fsp3) is 0.438. The minimum absolute atomic E-state index is 0.127. The number of carbonyl (C=O) groups excluding carboxylic acids is 1. The summed E-state index contributed by atoms with van der Waals surface area (Å²) in [7, 11) is 0. The van der Waals surface area contributed by atoms with E-state index in [1.165, 1.54) is 19.3 Å². The predicted octanol–water partition coefficient (Wildman–Crippen LogP) is 3.53. The average Bonchev–Trinajstić information content (AvgIpc) is 2.95. The van der Waals surface area contributed by atoms with Gasteiger partial charge < -0.3 is 5.32 Å². The van der Waals surface area contributed by atoms with Gasteiger partial charge in [0.2, 0.25) is 0 Å². The molecule has 1 amide bonds. The maximum atomic E-state index is 12.1. The molecule has 1 heterocycles. The van der Waals surface area contributed by atoms with Crippen molar-refractivity contribution in [2.75, 3.05) is 5.32 Å². The molecule has 0 unspecified atom stereocenters. The number of hydrazone groups is 1. The lowest BCUT2D eigenvalue weighted by Gasteiger charge is -2.14. The van der Waals surface area contributed by atoms with Gasteiger partial charge in [-0.1, -0.05) is 29.9 Å². The first-order valence-electron chi connectivity index (χ1n) is 7.70. The van der Waals surface area contributed by atoms with E-state index in [0.717, 1.165) is 33.9 Å². The highest BCUT2D eigenvalue weighted by Gasteiger charge is 2.15. The van der Waals surface area contributed by atoms with Crippen LogP contribution in [0.2, 0.25) is 0 Å². The number of aromatic nitrogens is 1. The van der Waals surface area contributed by atoms with Crippen molar-refractivity contribution in [3.63, 3.8) is 0 Å². The Morgan fingerprint density at radius 1 is 1.27 bits per heavy atom. The SMILES string of the molecule is C[C@H](Nc1nc2ccccc2s1)C(=O)NN=C1CCCCC1. The number of nitrogens with one attached hydrogen (secondary N) is 2. The second kappa shape index (κ2) is 6.87. The molecule has 0 bridgehead atoms. The second-order valence-corrected chi connectivity index (χ2v) is 6.60. The van der Waals surface area contributed by atoms with Gasteiger partial charge in [0, 0.05) is 5.71 Å². The van der Waals surface area contributed by atoms with E-state index in [4.69, 9.17) is 0 Å². The number of amides is 1. The molecule has 1 aromatic carbocycles. The molecule has 1 saturated carbocycles. The zero-order chi connectivity index (χ0) is 15.4. The van der Waals surface area contributed by atoms with Crippen molar-refractivity contribution in [2.24, 2.45) is 5.10 Å². The Hall–Kier alpha value is -1.95. The van der Waals surface area contributed by atoms with Crippen LogP contribution >= 0.6 is 11.3 Å². The number of hydrogen-bond acceptors (Lipinski definition) is 5. The Kier molecular flexibility index (Phi) is 4.68. The summed E-state index contributed by atoms with van der Waals surface area (Å²) in [5, 5.41) is 8.15. The van der Waals surface area contributed by atoms with Gasteiger partial charge in [-0.25, -0.2) is 10.4 Å². The number of fused-ring (bicyclic) bond motifs is 1. The van der Waals surface area contributed by atoms with Crippen LogP contribution in [0.4, 0.5) is 5.13 Å². The molecule has 0 radical (unpaired) electrons. The van der Waals surface area contributed by atoms with Gasteiger partial charge in [-0.05, 0) is 44.7 Å². The number of rotatable bonds is 4. The summed E-state index contributed by atoms with van der Waals surface area (Å²) in [6.07, 6.45) is 5.62. The smallest absolute Gasteiger partial charge is 0.262 e. The minimum atomic E-state index is -0.367. The number of carbonyl (C=O) groups is 1. The highest BCUT2D eigenvalue weighted by Crippen LogP contribution is 2.25. The van der Waals surface area contributed by atoms with Gasteiger partial charge in [0.25, 0.3) is 5.91 Å². The Morgan fingerprint density at radius 3 is 2.82 bits per heavy atom. The second-order valence-electron chi connectivity index (χ2n) is 5.57. The maximum absolute atomic E-state index is 12.1. The maximum Gasteiger partial charge on any atom is 0.262 e. The first kappa shape index (κ1) is 15.0. The van der Waals surface area contributed by atoms with Crippen molar-refractivity contribution < 1.29 is 4.79 Å². The van der Waals surface area contributed by atoms with Crippen LogP contribution in [-0.4, -0.2) is 22.6 Å². The van der Waals surface area contributed by atoms with E-state index >= 15 is 0 Å². The summed E-state index contributed by atoms with van der Waals surface area (Å²) in [4.78, 5) is 16.6. The normalized spacial score (nSPS) is 16.3. The van der Waals surface area contributed by atoms with E-state index in [9.17, 15) is 4.79 Å². The summed E-state index contributed by atoms with van der Waals surface area (Å²) >= 11 is 1.55. The van der Waals surface area contributed by atoms with Gasteiger partial charge in [-0.3, -0.25) is 4.79 Å². The summed E-state index contributed by atoms with van der Waals surface area (Å²) in [5.41, 5.74) is 4.72. The molecule has 1 aliphatic carbocycles. The molecule has 0 spiro atoms. The Balaban J connectivity index is 1.58. The molecule has 2 N–H and O–H groups in total.